The molecule has 0 aliphatic heterocycles. The van der Waals surface area contributed by atoms with Gasteiger partial charge in [-0.1, -0.05) is 78.9 Å². The Morgan fingerprint density at radius 3 is 2.36 bits per heavy atom. The molecule has 3 heteroatoms. The van der Waals surface area contributed by atoms with Crippen LogP contribution in [-0.2, 0) is 17.6 Å². The summed E-state index contributed by atoms with van der Waals surface area (Å²) in [6.45, 7) is -0.0180. The van der Waals surface area contributed by atoms with Crippen molar-refractivity contribution < 1.29 is 9.90 Å². The van der Waals surface area contributed by atoms with Gasteiger partial charge in [0.15, 0.2) is 0 Å². The maximum Gasteiger partial charge on any atom is 0.317 e. The average Bonchev–Trinajstić information content (AvgIpc) is 2.74. The smallest absolute Gasteiger partial charge is 0.317 e. The maximum atomic E-state index is 11.1. The Balaban J connectivity index is 1.56. The summed E-state index contributed by atoms with van der Waals surface area (Å²) in [6.07, 6.45) is 3.05. The topological polar surface area (TPSA) is 49.3 Å². The number of rotatable bonds is 6. The monoisotopic (exact) mass is 371 g/mol. The number of hydrogen-bond donors (Lipinski definition) is 2. The predicted molar refractivity (Wildman–Crippen MR) is 112 cm³/mol. The van der Waals surface area contributed by atoms with Crippen LogP contribution in [0, 0.1) is 5.92 Å². The molecule has 0 spiro atoms. The van der Waals surface area contributed by atoms with Gasteiger partial charge < -0.3 is 5.11 Å². The molecule has 3 aromatic carbocycles. The van der Waals surface area contributed by atoms with E-state index < -0.39 is 5.97 Å². The normalized spacial score (nSPS) is 16.9. The molecule has 2 unspecified atom stereocenters. The number of carboxylic acid groups (broad SMARTS) is 1. The minimum atomic E-state index is -0.815. The van der Waals surface area contributed by atoms with E-state index in [0.29, 0.717) is 5.92 Å². The van der Waals surface area contributed by atoms with Crippen molar-refractivity contribution in [2.75, 3.05) is 6.54 Å². The van der Waals surface area contributed by atoms with Gasteiger partial charge in [0, 0.05) is 6.04 Å². The molecule has 28 heavy (non-hydrogen) atoms. The highest BCUT2D eigenvalue weighted by Gasteiger charge is 2.27. The van der Waals surface area contributed by atoms with E-state index in [9.17, 15) is 4.79 Å². The fourth-order valence-corrected chi connectivity index (χ4v) is 4.29. The molecular formula is C25H25NO2. The molecule has 4 rings (SSSR count). The lowest BCUT2D eigenvalue weighted by molar-refractivity contribution is -0.136. The van der Waals surface area contributed by atoms with Crippen molar-refractivity contribution >= 4 is 5.97 Å². The zero-order valence-electron chi connectivity index (χ0n) is 15.8. The molecule has 0 aromatic heterocycles. The first-order chi connectivity index (χ1) is 13.7. The standard InChI is InChI=1S/C25H25NO2/c27-24(28)17-26-25(19-9-5-2-6-10-19)23-14-13-21-15-20(11-12-22(21)16-23)18-7-3-1-4-8-18/h1-12,15,23,25-26H,13-14,16-17H2,(H,27,28). The fourth-order valence-electron chi connectivity index (χ4n) is 4.29. The molecule has 2 atom stereocenters. The molecule has 0 bridgehead atoms. The first kappa shape index (κ1) is 18.5. The molecule has 3 nitrogen and oxygen atoms in total. The van der Waals surface area contributed by atoms with Crippen LogP contribution in [0.2, 0.25) is 0 Å². The summed E-state index contributed by atoms with van der Waals surface area (Å²) in [5.41, 5.74) is 6.48. The van der Waals surface area contributed by atoms with E-state index in [1.54, 1.807) is 0 Å². The Hall–Kier alpha value is -2.91. The van der Waals surface area contributed by atoms with Crippen molar-refractivity contribution in [3.63, 3.8) is 0 Å². The molecule has 0 saturated carbocycles. The van der Waals surface area contributed by atoms with Crippen molar-refractivity contribution in [3.05, 3.63) is 95.6 Å². The van der Waals surface area contributed by atoms with Crippen LogP contribution in [0.1, 0.15) is 29.2 Å². The molecule has 0 radical (unpaired) electrons. The summed E-state index contributed by atoms with van der Waals surface area (Å²) in [4.78, 5) is 11.1. The molecule has 0 amide bonds. The molecule has 142 valence electrons. The zero-order chi connectivity index (χ0) is 19.3. The molecule has 2 N–H and O–H groups in total. The van der Waals surface area contributed by atoms with Gasteiger partial charge in [-0.3, -0.25) is 10.1 Å². The highest BCUT2D eigenvalue weighted by Crippen LogP contribution is 2.36. The number of hydrogen-bond acceptors (Lipinski definition) is 2. The Bertz CT molecular complexity index is 937. The minimum Gasteiger partial charge on any atom is -0.480 e. The lowest BCUT2D eigenvalue weighted by Gasteiger charge is -2.32. The number of fused-ring (bicyclic) bond motifs is 1. The number of aryl methyl sites for hydroxylation is 1. The summed E-state index contributed by atoms with van der Waals surface area (Å²) in [7, 11) is 0. The van der Waals surface area contributed by atoms with Gasteiger partial charge in [-0.25, -0.2) is 0 Å². The van der Waals surface area contributed by atoms with Crippen LogP contribution < -0.4 is 5.32 Å². The Morgan fingerprint density at radius 1 is 0.929 bits per heavy atom. The third-order valence-corrected chi connectivity index (χ3v) is 5.68. The Morgan fingerprint density at radius 2 is 1.64 bits per heavy atom. The van der Waals surface area contributed by atoms with Crippen LogP contribution in [0.3, 0.4) is 0 Å². The summed E-state index contributed by atoms with van der Waals surface area (Å²) < 4.78 is 0. The first-order valence-electron chi connectivity index (χ1n) is 9.88. The van der Waals surface area contributed by atoms with E-state index in [0.717, 1.165) is 24.8 Å². The molecule has 3 aromatic rings. The van der Waals surface area contributed by atoms with E-state index in [-0.39, 0.29) is 12.6 Å². The summed E-state index contributed by atoms with van der Waals surface area (Å²) in [5, 5.41) is 12.4. The van der Waals surface area contributed by atoms with Gasteiger partial charge >= 0.3 is 5.97 Å². The average molecular weight is 371 g/mol. The van der Waals surface area contributed by atoms with Crippen LogP contribution >= 0.6 is 0 Å². The van der Waals surface area contributed by atoms with Crippen molar-refractivity contribution in [2.45, 2.75) is 25.3 Å². The Labute approximate surface area is 166 Å². The van der Waals surface area contributed by atoms with Crippen LogP contribution in [0.4, 0.5) is 0 Å². The van der Waals surface area contributed by atoms with Gasteiger partial charge in [0.25, 0.3) is 0 Å². The second kappa shape index (κ2) is 8.41. The second-order valence-electron chi connectivity index (χ2n) is 7.52. The molecule has 0 fully saturated rings. The quantitative estimate of drug-likeness (QED) is 0.650. The van der Waals surface area contributed by atoms with Crippen LogP contribution in [0.15, 0.2) is 78.9 Å². The number of aliphatic carboxylic acids is 1. The highest BCUT2D eigenvalue weighted by atomic mass is 16.4. The van der Waals surface area contributed by atoms with Crippen molar-refractivity contribution in [3.8, 4) is 11.1 Å². The summed E-state index contributed by atoms with van der Waals surface area (Å²) in [6, 6.07) is 27.5. The summed E-state index contributed by atoms with van der Waals surface area (Å²) >= 11 is 0. The number of carboxylic acids is 1. The van der Waals surface area contributed by atoms with Gasteiger partial charge in [-0.15, -0.1) is 0 Å². The molecular weight excluding hydrogens is 346 g/mol. The highest BCUT2D eigenvalue weighted by molar-refractivity contribution is 5.69. The van der Waals surface area contributed by atoms with E-state index in [2.05, 4.69) is 59.9 Å². The largest absolute Gasteiger partial charge is 0.480 e. The zero-order valence-corrected chi connectivity index (χ0v) is 15.8. The van der Waals surface area contributed by atoms with Gasteiger partial charge in [0.2, 0.25) is 0 Å². The van der Waals surface area contributed by atoms with Crippen LogP contribution in [0.5, 0.6) is 0 Å². The van der Waals surface area contributed by atoms with Gasteiger partial charge in [0.05, 0.1) is 6.54 Å². The molecule has 0 heterocycles. The minimum absolute atomic E-state index is 0.0180. The van der Waals surface area contributed by atoms with Gasteiger partial charge in [0.1, 0.15) is 0 Å². The van der Waals surface area contributed by atoms with E-state index >= 15 is 0 Å². The molecule has 0 saturated heterocycles. The first-order valence-corrected chi connectivity index (χ1v) is 9.88. The second-order valence-corrected chi connectivity index (χ2v) is 7.52. The van der Waals surface area contributed by atoms with Crippen molar-refractivity contribution in [2.24, 2.45) is 5.92 Å². The lowest BCUT2D eigenvalue weighted by atomic mass is 9.77. The van der Waals surface area contributed by atoms with Gasteiger partial charge in [-0.05, 0) is 53.0 Å². The molecule has 1 aliphatic rings. The van der Waals surface area contributed by atoms with E-state index in [4.69, 9.17) is 5.11 Å². The summed E-state index contributed by atoms with van der Waals surface area (Å²) in [5.74, 6) is -0.429. The lowest BCUT2D eigenvalue weighted by Crippen LogP contribution is -2.35. The Kier molecular flexibility index (Phi) is 5.54. The molecule has 1 aliphatic carbocycles. The number of nitrogens with one attached hydrogen (secondary N) is 1. The van der Waals surface area contributed by atoms with Gasteiger partial charge in [-0.2, -0.15) is 0 Å². The van der Waals surface area contributed by atoms with Crippen LogP contribution in [0.25, 0.3) is 11.1 Å². The SMILES string of the molecule is O=C(O)CNC(c1ccccc1)C1CCc2cc(-c3ccccc3)ccc2C1. The third-order valence-electron chi connectivity index (χ3n) is 5.68. The third kappa shape index (κ3) is 4.15. The van der Waals surface area contributed by atoms with Crippen LogP contribution in [-0.4, -0.2) is 17.6 Å². The number of carbonyl (C=O) groups is 1. The van der Waals surface area contributed by atoms with Crippen molar-refractivity contribution in [1.29, 1.82) is 0 Å². The predicted octanol–water partition coefficient (Wildman–Crippen LogP) is 4.87. The van der Waals surface area contributed by atoms with E-state index in [1.165, 1.54) is 22.3 Å². The number of benzene rings is 3. The van der Waals surface area contributed by atoms with E-state index in [1.807, 2.05) is 24.3 Å². The maximum absolute atomic E-state index is 11.1. The van der Waals surface area contributed by atoms with Crippen molar-refractivity contribution in [1.82, 2.24) is 5.32 Å². The fraction of sp³-hybridized carbons (Fsp3) is 0.240.